The van der Waals surface area contributed by atoms with E-state index in [0.29, 0.717) is 0 Å². The zero-order valence-corrected chi connectivity index (χ0v) is 11.7. The van der Waals surface area contributed by atoms with Crippen molar-refractivity contribution in [3.05, 3.63) is 42.5 Å². The van der Waals surface area contributed by atoms with Gasteiger partial charge < -0.3 is 0 Å². The Labute approximate surface area is 118 Å². The largest absolute Gasteiger partial charge is 0.197 e. The molecule has 0 aromatic heterocycles. The lowest BCUT2D eigenvalue weighted by atomic mass is 9.89. The van der Waals surface area contributed by atoms with E-state index in [-0.39, 0.29) is 4.75 Å². The maximum absolute atomic E-state index is 9.55. The summed E-state index contributed by atoms with van der Waals surface area (Å²) in [6.45, 7) is 0. The van der Waals surface area contributed by atoms with Gasteiger partial charge in [-0.2, -0.15) is 5.26 Å². The molecule has 0 saturated heterocycles. The van der Waals surface area contributed by atoms with Gasteiger partial charge in [-0.1, -0.05) is 49.6 Å². The molecule has 2 heteroatoms. The minimum absolute atomic E-state index is 0.194. The number of nitrogens with zero attached hydrogens (tertiary/aromatic N) is 1. The van der Waals surface area contributed by atoms with Gasteiger partial charge >= 0.3 is 0 Å². The number of hydrogen-bond acceptors (Lipinski definition) is 2. The molecule has 2 aromatic rings. The fraction of sp³-hybridized carbons (Fsp3) is 0.353. The fourth-order valence-corrected chi connectivity index (χ4v) is 4.13. The van der Waals surface area contributed by atoms with E-state index in [9.17, 15) is 5.26 Å². The van der Waals surface area contributed by atoms with Gasteiger partial charge in [-0.3, -0.25) is 0 Å². The molecule has 1 aliphatic rings. The van der Waals surface area contributed by atoms with Crippen LogP contribution < -0.4 is 0 Å². The Morgan fingerprint density at radius 2 is 1.68 bits per heavy atom. The van der Waals surface area contributed by atoms with E-state index in [4.69, 9.17) is 0 Å². The van der Waals surface area contributed by atoms with E-state index in [0.717, 1.165) is 12.8 Å². The fourth-order valence-electron chi connectivity index (χ4n) is 2.82. The highest BCUT2D eigenvalue weighted by Crippen LogP contribution is 2.43. The molecule has 1 nitrogen and oxygen atoms in total. The molecule has 1 fully saturated rings. The third-order valence-electron chi connectivity index (χ3n) is 3.90. The highest BCUT2D eigenvalue weighted by atomic mass is 32.2. The second kappa shape index (κ2) is 5.27. The summed E-state index contributed by atoms with van der Waals surface area (Å²) in [5.74, 6) is 0. The summed E-state index contributed by atoms with van der Waals surface area (Å²) in [6, 6.07) is 17.5. The van der Waals surface area contributed by atoms with Crippen molar-refractivity contribution in [3.63, 3.8) is 0 Å². The SMILES string of the molecule is N#CC1(Sc2ccc3ccccc3c2)CCCCC1. The van der Waals surface area contributed by atoms with Crippen LogP contribution in [0.15, 0.2) is 47.4 Å². The third kappa shape index (κ3) is 2.62. The molecule has 0 heterocycles. The molecule has 0 N–H and O–H groups in total. The third-order valence-corrected chi connectivity index (χ3v) is 5.28. The van der Waals surface area contributed by atoms with Crippen LogP contribution in [0, 0.1) is 11.3 Å². The van der Waals surface area contributed by atoms with Gasteiger partial charge in [0.25, 0.3) is 0 Å². The highest BCUT2D eigenvalue weighted by molar-refractivity contribution is 8.01. The molecule has 0 unspecified atom stereocenters. The minimum Gasteiger partial charge on any atom is -0.197 e. The normalized spacial score (nSPS) is 18.1. The van der Waals surface area contributed by atoms with Crippen LogP contribution in [-0.2, 0) is 0 Å². The molecule has 0 aliphatic heterocycles. The average molecular weight is 267 g/mol. The number of fused-ring (bicyclic) bond motifs is 1. The molecule has 0 spiro atoms. The Morgan fingerprint density at radius 3 is 2.42 bits per heavy atom. The van der Waals surface area contributed by atoms with Crippen molar-refractivity contribution in [3.8, 4) is 6.07 Å². The van der Waals surface area contributed by atoms with Crippen molar-refractivity contribution in [2.45, 2.75) is 41.7 Å². The van der Waals surface area contributed by atoms with Gasteiger partial charge in [-0.15, -0.1) is 11.8 Å². The van der Waals surface area contributed by atoms with Crippen molar-refractivity contribution in [1.29, 1.82) is 5.26 Å². The van der Waals surface area contributed by atoms with Crippen LogP contribution in [0.3, 0.4) is 0 Å². The number of nitriles is 1. The number of hydrogen-bond donors (Lipinski definition) is 0. The lowest BCUT2D eigenvalue weighted by Gasteiger charge is -2.29. The van der Waals surface area contributed by atoms with E-state index in [1.165, 1.54) is 34.9 Å². The van der Waals surface area contributed by atoms with Crippen LogP contribution >= 0.6 is 11.8 Å². The second-order valence-corrected chi connectivity index (χ2v) is 6.73. The van der Waals surface area contributed by atoms with E-state index >= 15 is 0 Å². The predicted molar refractivity (Wildman–Crippen MR) is 81.2 cm³/mol. The predicted octanol–water partition coefficient (Wildman–Crippen LogP) is 5.16. The van der Waals surface area contributed by atoms with Crippen LogP contribution in [0.1, 0.15) is 32.1 Å². The number of benzene rings is 2. The summed E-state index contributed by atoms with van der Waals surface area (Å²) in [5.41, 5.74) is 0. The topological polar surface area (TPSA) is 23.8 Å². The van der Waals surface area contributed by atoms with Crippen molar-refractivity contribution in [2.24, 2.45) is 0 Å². The summed E-state index contributed by atoms with van der Waals surface area (Å²) < 4.78 is -0.194. The molecular formula is C17H17NS. The van der Waals surface area contributed by atoms with Gasteiger partial charge in [0.05, 0.1) is 6.07 Å². The van der Waals surface area contributed by atoms with Crippen LogP contribution in [-0.4, -0.2) is 4.75 Å². The standard InChI is InChI=1S/C17H17NS/c18-13-17(10-4-1-5-11-17)19-16-9-8-14-6-2-3-7-15(14)12-16/h2-3,6-9,12H,1,4-5,10-11H2. The smallest absolute Gasteiger partial charge is 0.107 e. The van der Waals surface area contributed by atoms with E-state index < -0.39 is 0 Å². The molecule has 19 heavy (non-hydrogen) atoms. The zero-order valence-electron chi connectivity index (χ0n) is 10.9. The van der Waals surface area contributed by atoms with Crippen molar-refractivity contribution >= 4 is 22.5 Å². The molecule has 96 valence electrons. The number of rotatable bonds is 2. The lowest BCUT2D eigenvalue weighted by molar-refractivity contribution is 0.459. The lowest BCUT2D eigenvalue weighted by Crippen LogP contribution is -2.25. The molecule has 1 aliphatic carbocycles. The first-order valence-electron chi connectivity index (χ1n) is 6.90. The van der Waals surface area contributed by atoms with Gasteiger partial charge in [0.15, 0.2) is 0 Å². The number of thioether (sulfide) groups is 1. The van der Waals surface area contributed by atoms with E-state index in [2.05, 4.69) is 48.5 Å². The van der Waals surface area contributed by atoms with E-state index in [1.807, 2.05) is 0 Å². The van der Waals surface area contributed by atoms with Gasteiger partial charge in [0.1, 0.15) is 4.75 Å². The van der Waals surface area contributed by atoms with Crippen LogP contribution in [0.2, 0.25) is 0 Å². The Hall–Kier alpha value is -1.46. The maximum Gasteiger partial charge on any atom is 0.107 e. The summed E-state index contributed by atoms with van der Waals surface area (Å²) in [6.07, 6.45) is 5.71. The van der Waals surface area contributed by atoms with Gasteiger partial charge in [0, 0.05) is 4.90 Å². The minimum atomic E-state index is -0.194. The molecule has 3 rings (SSSR count). The molecule has 0 bridgehead atoms. The highest BCUT2D eigenvalue weighted by Gasteiger charge is 2.33. The van der Waals surface area contributed by atoms with E-state index in [1.54, 1.807) is 11.8 Å². The summed E-state index contributed by atoms with van der Waals surface area (Å²) >= 11 is 1.77. The van der Waals surface area contributed by atoms with Crippen LogP contribution in [0.25, 0.3) is 10.8 Å². The van der Waals surface area contributed by atoms with Gasteiger partial charge in [0.2, 0.25) is 0 Å². The summed E-state index contributed by atoms with van der Waals surface area (Å²) in [4.78, 5) is 1.22. The van der Waals surface area contributed by atoms with Gasteiger partial charge in [-0.05, 0) is 35.7 Å². The molecule has 2 aromatic carbocycles. The molecule has 0 atom stereocenters. The molecular weight excluding hydrogens is 250 g/mol. The monoisotopic (exact) mass is 267 g/mol. The maximum atomic E-state index is 9.55. The van der Waals surface area contributed by atoms with Crippen molar-refractivity contribution < 1.29 is 0 Å². The van der Waals surface area contributed by atoms with Crippen molar-refractivity contribution in [2.75, 3.05) is 0 Å². The Morgan fingerprint density at radius 1 is 0.947 bits per heavy atom. The van der Waals surface area contributed by atoms with Crippen LogP contribution in [0.4, 0.5) is 0 Å². The Kier molecular flexibility index (Phi) is 3.48. The van der Waals surface area contributed by atoms with Gasteiger partial charge in [-0.25, -0.2) is 0 Å². The first kappa shape index (κ1) is 12.6. The second-order valence-electron chi connectivity index (χ2n) is 5.28. The first-order chi connectivity index (χ1) is 9.31. The Bertz CT molecular complexity index is 620. The summed E-state index contributed by atoms with van der Waals surface area (Å²) in [5, 5.41) is 12.1. The first-order valence-corrected chi connectivity index (χ1v) is 7.72. The molecule has 0 amide bonds. The summed E-state index contributed by atoms with van der Waals surface area (Å²) in [7, 11) is 0. The zero-order chi connectivity index (χ0) is 13.1. The Balaban J connectivity index is 1.90. The quantitative estimate of drug-likeness (QED) is 0.750. The van der Waals surface area contributed by atoms with Crippen molar-refractivity contribution in [1.82, 2.24) is 0 Å². The average Bonchev–Trinajstić information content (AvgIpc) is 2.48. The van der Waals surface area contributed by atoms with Crippen LogP contribution in [0.5, 0.6) is 0 Å². The molecule has 1 saturated carbocycles. The molecule has 0 radical (unpaired) electrons.